The van der Waals surface area contributed by atoms with Crippen molar-refractivity contribution in [2.45, 2.75) is 39.2 Å². The molecule has 1 rings (SSSR count). The molecule has 94 valence electrons. The summed E-state index contributed by atoms with van der Waals surface area (Å²) in [5.41, 5.74) is 4.60. The lowest BCUT2D eigenvalue weighted by atomic mass is 9.82. The van der Waals surface area contributed by atoms with Gasteiger partial charge in [0.2, 0.25) is 0 Å². The maximum absolute atomic E-state index is 12.1. The molecule has 2 N–H and O–H groups in total. The van der Waals surface area contributed by atoms with Gasteiger partial charge in [0.05, 0.1) is 5.41 Å². The number of rotatable bonds is 2. The van der Waals surface area contributed by atoms with E-state index in [1.807, 2.05) is 20.8 Å². The highest BCUT2D eigenvalue weighted by atomic mass is 32.2. The third kappa shape index (κ3) is 3.37. The van der Waals surface area contributed by atoms with Crippen molar-refractivity contribution < 1.29 is 14.1 Å². The molecule has 1 aliphatic rings. The van der Waals surface area contributed by atoms with Crippen LogP contribution >= 0.6 is 0 Å². The maximum atomic E-state index is 12.1. The number of nitrogens with two attached hydrogens (primary N) is 1. The zero-order valence-electron chi connectivity index (χ0n) is 10.2. The van der Waals surface area contributed by atoms with E-state index in [0.717, 1.165) is 0 Å². The first kappa shape index (κ1) is 13.8. The molecule has 0 aromatic rings. The van der Waals surface area contributed by atoms with Crippen molar-refractivity contribution in [1.29, 1.82) is 0 Å². The van der Waals surface area contributed by atoms with Crippen molar-refractivity contribution in [2.75, 3.05) is 18.1 Å². The molecule has 1 fully saturated rings. The topological polar surface area (TPSA) is 75.4 Å². The summed E-state index contributed by atoms with van der Waals surface area (Å²) in [4.78, 5) is 12.1. The van der Waals surface area contributed by atoms with E-state index in [1.165, 1.54) is 0 Å². The van der Waals surface area contributed by atoms with Gasteiger partial charge in [-0.05, 0) is 20.8 Å². The standard InChI is InChI=1S/C11H21NO3S/c1-10(2,3)15-9(13)11(8-12)4-6-16(14)7-5-11/h4-8,12H2,1-3H3. The second-order valence-corrected chi connectivity index (χ2v) is 7.03. The quantitative estimate of drug-likeness (QED) is 0.579. The summed E-state index contributed by atoms with van der Waals surface area (Å²) in [6.07, 6.45) is 1.15. The summed E-state index contributed by atoms with van der Waals surface area (Å²) in [5.74, 6) is 0.867. The maximum Gasteiger partial charge on any atom is 0.314 e. The van der Waals surface area contributed by atoms with Gasteiger partial charge >= 0.3 is 5.97 Å². The Bertz CT molecular complexity index is 254. The number of carbonyl (C=O) groups is 1. The van der Waals surface area contributed by atoms with Gasteiger partial charge in [0.25, 0.3) is 0 Å². The fourth-order valence-corrected chi connectivity index (χ4v) is 3.16. The van der Waals surface area contributed by atoms with Gasteiger partial charge in [-0.15, -0.1) is 0 Å². The predicted molar refractivity (Wildman–Crippen MR) is 64.4 cm³/mol. The number of hydrogen-bond acceptors (Lipinski definition) is 4. The average Bonchev–Trinajstić information content (AvgIpc) is 2.17. The highest BCUT2D eigenvalue weighted by Crippen LogP contribution is 2.34. The first-order chi connectivity index (χ1) is 7.29. The first-order valence-electron chi connectivity index (χ1n) is 5.58. The fourth-order valence-electron chi connectivity index (χ4n) is 1.72. The summed E-state index contributed by atoms with van der Waals surface area (Å²) < 4.78 is 16.7. The second-order valence-electron chi connectivity index (χ2n) is 5.33. The Labute approximate surface area is 100 Å². The Hall–Kier alpha value is -0.260. The number of ether oxygens (including phenoxy) is 1. The summed E-state index contributed by atoms with van der Waals surface area (Å²) in [6, 6.07) is 0. The molecular formula is C11H21NO3S. The Morgan fingerprint density at radius 3 is 2.31 bits per heavy atom. The molecular weight excluding hydrogens is 226 g/mol. The third-order valence-corrected chi connectivity index (χ3v) is 4.16. The number of carbonyl (C=O) groups excluding carboxylic acids is 1. The van der Waals surface area contributed by atoms with E-state index in [0.29, 0.717) is 24.3 Å². The molecule has 0 unspecified atom stereocenters. The summed E-state index contributed by atoms with van der Waals surface area (Å²) in [5, 5.41) is 0. The van der Waals surface area contributed by atoms with Crippen LogP contribution in [0.5, 0.6) is 0 Å². The monoisotopic (exact) mass is 247 g/mol. The van der Waals surface area contributed by atoms with Crippen LogP contribution in [0.2, 0.25) is 0 Å². The van der Waals surface area contributed by atoms with E-state index in [-0.39, 0.29) is 12.5 Å². The molecule has 1 heterocycles. The van der Waals surface area contributed by atoms with Gasteiger partial charge in [-0.2, -0.15) is 0 Å². The SMILES string of the molecule is CC(C)(C)OC(=O)C1(CN)CC[S+]([O-])CC1. The minimum Gasteiger partial charge on any atom is -0.616 e. The van der Waals surface area contributed by atoms with Crippen LogP contribution in [0.25, 0.3) is 0 Å². The van der Waals surface area contributed by atoms with E-state index >= 15 is 0 Å². The Balaban J connectivity index is 2.69. The van der Waals surface area contributed by atoms with Crippen LogP contribution in [0.4, 0.5) is 0 Å². The highest BCUT2D eigenvalue weighted by molar-refractivity contribution is 7.91. The van der Waals surface area contributed by atoms with Crippen molar-refractivity contribution in [3.05, 3.63) is 0 Å². The highest BCUT2D eigenvalue weighted by Gasteiger charge is 2.44. The molecule has 4 nitrogen and oxygen atoms in total. The van der Waals surface area contributed by atoms with Crippen molar-refractivity contribution in [2.24, 2.45) is 11.1 Å². The Kier molecular flexibility index (Phi) is 4.26. The predicted octanol–water partition coefficient (Wildman–Crippen LogP) is 0.816. The Morgan fingerprint density at radius 2 is 1.94 bits per heavy atom. The van der Waals surface area contributed by atoms with Gasteiger partial charge in [-0.1, -0.05) is 11.2 Å². The summed E-state index contributed by atoms with van der Waals surface area (Å²) >= 11 is -0.791. The summed E-state index contributed by atoms with van der Waals surface area (Å²) in [6.45, 7) is 5.81. The molecule has 0 spiro atoms. The zero-order valence-corrected chi connectivity index (χ0v) is 11.1. The van der Waals surface area contributed by atoms with Crippen molar-refractivity contribution in [1.82, 2.24) is 0 Å². The van der Waals surface area contributed by atoms with Crippen molar-refractivity contribution in [3.63, 3.8) is 0 Å². The van der Waals surface area contributed by atoms with Crippen LogP contribution in [0.15, 0.2) is 0 Å². The molecule has 0 aliphatic carbocycles. The van der Waals surface area contributed by atoms with Gasteiger partial charge in [-0.3, -0.25) is 4.79 Å². The molecule has 0 aromatic carbocycles. The van der Waals surface area contributed by atoms with Gasteiger partial charge < -0.3 is 15.0 Å². The van der Waals surface area contributed by atoms with Crippen LogP contribution in [-0.2, 0) is 20.7 Å². The number of hydrogen-bond donors (Lipinski definition) is 1. The molecule has 1 aliphatic heterocycles. The molecule has 0 aromatic heterocycles. The molecule has 0 amide bonds. The lowest BCUT2D eigenvalue weighted by molar-refractivity contribution is -0.167. The third-order valence-electron chi connectivity index (χ3n) is 2.84. The van der Waals surface area contributed by atoms with Gasteiger partial charge in [-0.25, -0.2) is 0 Å². The largest absolute Gasteiger partial charge is 0.616 e. The molecule has 0 radical (unpaired) electrons. The van der Waals surface area contributed by atoms with Crippen molar-refractivity contribution in [3.8, 4) is 0 Å². The minimum atomic E-state index is -0.791. The van der Waals surface area contributed by atoms with Gasteiger partial charge in [0.1, 0.15) is 17.1 Å². The second kappa shape index (κ2) is 4.94. The smallest absolute Gasteiger partial charge is 0.314 e. The molecule has 16 heavy (non-hydrogen) atoms. The molecule has 0 atom stereocenters. The van der Waals surface area contributed by atoms with E-state index in [4.69, 9.17) is 10.5 Å². The van der Waals surface area contributed by atoms with Crippen molar-refractivity contribution >= 4 is 17.1 Å². The van der Waals surface area contributed by atoms with Crippen LogP contribution in [0.1, 0.15) is 33.6 Å². The minimum absolute atomic E-state index is 0.237. The normalized spacial score (nSPS) is 31.2. The number of esters is 1. The molecule has 1 saturated heterocycles. The molecule has 5 heteroatoms. The van der Waals surface area contributed by atoms with Gasteiger partial charge in [0, 0.05) is 19.4 Å². The van der Waals surface area contributed by atoms with Crippen LogP contribution < -0.4 is 5.73 Å². The first-order valence-corrected chi connectivity index (χ1v) is 7.06. The van der Waals surface area contributed by atoms with E-state index in [1.54, 1.807) is 0 Å². The van der Waals surface area contributed by atoms with Crippen LogP contribution in [0, 0.1) is 5.41 Å². The lowest BCUT2D eigenvalue weighted by Gasteiger charge is -2.36. The summed E-state index contributed by atoms with van der Waals surface area (Å²) in [7, 11) is 0. The Morgan fingerprint density at radius 1 is 1.44 bits per heavy atom. The van der Waals surface area contributed by atoms with Gasteiger partial charge in [0.15, 0.2) is 0 Å². The fraction of sp³-hybridized carbons (Fsp3) is 0.909. The lowest BCUT2D eigenvalue weighted by Crippen LogP contribution is -2.47. The van der Waals surface area contributed by atoms with Crippen LogP contribution in [-0.4, -0.2) is 34.2 Å². The van der Waals surface area contributed by atoms with E-state index in [9.17, 15) is 9.35 Å². The van der Waals surface area contributed by atoms with Crippen LogP contribution in [0.3, 0.4) is 0 Å². The average molecular weight is 247 g/mol. The molecule has 0 saturated carbocycles. The van der Waals surface area contributed by atoms with E-state index < -0.39 is 22.2 Å². The zero-order chi connectivity index (χ0) is 12.4. The van der Waals surface area contributed by atoms with E-state index in [2.05, 4.69) is 0 Å². The molecule has 0 bridgehead atoms.